The highest BCUT2D eigenvalue weighted by Crippen LogP contribution is 2.18. The van der Waals surface area contributed by atoms with Crippen LogP contribution in [0.5, 0.6) is 0 Å². The summed E-state index contributed by atoms with van der Waals surface area (Å²) in [6, 6.07) is 3.50. The first-order valence-corrected chi connectivity index (χ1v) is 6.01. The van der Waals surface area contributed by atoms with E-state index in [4.69, 9.17) is 9.52 Å². The molecule has 1 aliphatic heterocycles. The number of hydrogen-bond acceptors (Lipinski definition) is 4. The summed E-state index contributed by atoms with van der Waals surface area (Å²) in [5.74, 6) is -0.502. The van der Waals surface area contributed by atoms with Gasteiger partial charge >= 0.3 is 5.97 Å². The van der Waals surface area contributed by atoms with Crippen LogP contribution in [0.1, 0.15) is 30.3 Å². The Morgan fingerprint density at radius 2 is 2.47 bits per heavy atom. The number of likely N-dealkylation sites (tertiary alicyclic amines) is 1. The van der Waals surface area contributed by atoms with Gasteiger partial charge in [0.05, 0.1) is 0 Å². The average Bonchev–Trinajstić information content (AvgIpc) is 2.78. The number of nitrogens with one attached hydrogen (secondary N) is 1. The molecule has 94 valence electrons. The van der Waals surface area contributed by atoms with Crippen molar-refractivity contribution in [3.63, 3.8) is 0 Å². The molecule has 5 nitrogen and oxygen atoms in total. The molecule has 0 aliphatic carbocycles. The zero-order valence-corrected chi connectivity index (χ0v) is 9.98. The van der Waals surface area contributed by atoms with E-state index in [1.165, 1.54) is 6.07 Å². The van der Waals surface area contributed by atoms with Gasteiger partial charge in [0.2, 0.25) is 5.76 Å². The smallest absolute Gasteiger partial charge is 0.371 e. The second-order valence-electron chi connectivity index (χ2n) is 4.35. The van der Waals surface area contributed by atoms with E-state index >= 15 is 0 Å². The number of anilines is 1. The fourth-order valence-electron chi connectivity index (χ4n) is 2.19. The molecule has 0 saturated carbocycles. The number of likely N-dealkylation sites (N-methyl/N-ethyl adjacent to an activating group) is 1. The summed E-state index contributed by atoms with van der Waals surface area (Å²) < 4.78 is 5.19. The van der Waals surface area contributed by atoms with Crippen LogP contribution >= 0.6 is 0 Å². The van der Waals surface area contributed by atoms with Crippen molar-refractivity contribution in [2.24, 2.45) is 0 Å². The maximum absolute atomic E-state index is 10.7. The van der Waals surface area contributed by atoms with E-state index in [-0.39, 0.29) is 5.76 Å². The van der Waals surface area contributed by atoms with Crippen molar-refractivity contribution < 1.29 is 14.3 Å². The Kier molecular flexibility index (Phi) is 3.68. The second-order valence-corrected chi connectivity index (χ2v) is 4.35. The van der Waals surface area contributed by atoms with Crippen LogP contribution in [0.15, 0.2) is 16.5 Å². The van der Waals surface area contributed by atoms with Crippen LogP contribution < -0.4 is 5.32 Å². The number of carboxylic acids is 1. The highest BCUT2D eigenvalue weighted by molar-refractivity contribution is 5.84. The largest absolute Gasteiger partial charge is 0.475 e. The van der Waals surface area contributed by atoms with E-state index in [9.17, 15) is 4.79 Å². The van der Waals surface area contributed by atoms with E-state index in [1.54, 1.807) is 6.07 Å². The zero-order chi connectivity index (χ0) is 12.3. The minimum Gasteiger partial charge on any atom is -0.475 e. The summed E-state index contributed by atoms with van der Waals surface area (Å²) in [5.41, 5.74) is 0. The van der Waals surface area contributed by atoms with Gasteiger partial charge in [-0.2, -0.15) is 0 Å². The van der Waals surface area contributed by atoms with Gasteiger partial charge in [0.25, 0.3) is 0 Å². The molecule has 0 aromatic carbocycles. The Bertz CT molecular complexity index is 389. The topological polar surface area (TPSA) is 65.7 Å². The number of carboxylic acid groups (broad SMARTS) is 1. The Morgan fingerprint density at radius 3 is 3.12 bits per heavy atom. The van der Waals surface area contributed by atoms with Crippen LogP contribution in [0.4, 0.5) is 5.88 Å². The maximum Gasteiger partial charge on any atom is 0.371 e. The predicted molar refractivity (Wildman–Crippen MR) is 64.4 cm³/mol. The van der Waals surface area contributed by atoms with Gasteiger partial charge in [0, 0.05) is 18.7 Å². The van der Waals surface area contributed by atoms with E-state index < -0.39 is 5.97 Å². The Balaban J connectivity index is 1.93. The van der Waals surface area contributed by atoms with Crippen molar-refractivity contribution in [3.8, 4) is 0 Å². The van der Waals surface area contributed by atoms with E-state index in [1.807, 2.05) is 0 Å². The summed E-state index contributed by atoms with van der Waals surface area (Å²) in [4.78, 5) is 13.1. The van der Waals surface area contributed by atoms with Gasteiger partial charge in [-0.15, -0.1) is 0 Å². The van der Waals surface area contributed by atoms with Crippen LogP contribution in [0.25, 0.3) is 0 Å². The molecule has 1 aromatic rings. The second kappa shape index (κ2) is 5.23. The number of piperidine rings is 1. The highest BCUT2D eigenvalue weighted by atomic mass is 16.4. The van der Waals surface area contributed by atoms with Gasteiger partial charge in [0.1, 0.15) is 0 Å². The minimum absolute atomic E-state index is 0.0179. The first-order chi connectivity index (χ1) is 8.19. The lowest BCUT2D eigenvalue weighted by Crippen LogP contribution is -2.41. The van der Waals surface area contributed by atoms with Crippen molar-refractivity contribution in [1.29, 1.82) is 0 Å². The molecular formula is C12H18N2O3. The molecule has 2 heterocycles. The minimum atomic E-state index is -1.03. The molecule has 0 radical (unpaired) electrons. The highest BCUT2D eigenvalue weighted by Gasteiger charge is 2.19. The van der Waals surface area contributed by atoms with Gasteiger partial charge in [-0.05, 0) is 32.0 Å². The summed E-state index contributed by atoms with van der Waals surface area (Å²) >= 11 is 0. The molecule has 17 heavy (non-hydrogen) atoms. The van der Waals surface area contributed by atoms with E-state index in [0.717, 1.165) is 32.5 Å². The maximum atomic E-state index is 10.7. The molecule has 5 heteroatoms. The third-order valence-corrected chi connectivity index (χ3v) is 3.12. The van der Waals surface area contributed by atoms with Crippen molar-refractivity contribution in [3.05, 3.63) is 17.9 Å². The van der Waals surface area contributed by atoms with Gasteiger partial charge in [-0.25, -0.2) is 4.79 Å². The third kappa shape index (κ3) is 3.00. The molecule has 1 atom stereocenters. The van der Waals surface area contributed by atoms with Gasteiger partial charge in [0.15, 0.2) is 5.88 Å². The fraction of sp³-hybridized carbons (Fsp3) is 0.583. The fourth-order valence-corrected chi connectivity index (χ4v) is 2.19. The molecule has 0 bridgehead atoms. The van der Waals surface area contributed by atoms with Crippen molar-refractivity contribution in [2.45, 2.75) is 25.8 Å². The van der Waals surface area contributed by atoms with Gasteiger partial charge < -0.3 is 19.7 Å². The average molecular weight is 238 g/mol. The standard InChI is InChI=1S/C12H18N2O3/c1-2-14-7-3-4-9(8-14)13-11-6-5-10(17-11)12(15)16/h5-6,9,13H,2-4,7-8H2,1H3,(H,15,16). The number of nitrogens with zero attached hydrogens (tertiary/aromatic N) is 1. The third-order valence-electron chi connectivity index (χ3n) is 3.12. The number of hydrogen-bond donors (Lipinski definition) is 2. The Labute approximate surface area is 100 Å². The monoisotopic (exact) mass is 238 g/mol. The SMILES string of the molecule is CCN1CCCC(Nc2ccc(C(=O)O)o2)C1. The lowest BCUT2D eigenvalue weighted by Gasteiger charge is -2.32. The molecule has 1 unspecified atom stereocenters. The lowest BCUT2D eigenvalue weighted by molar-refractivity contribution is 0.0663. The summed E-state index contributed by atoms with van der Waals surface area (Å²) in [6.45, 7) is 5.33. The number of carbonyl (C=O) groups is 1. The number of rotatable bonds is 4. The van der Waals surface area contributed by atoms with Crippen molar-refractivity contribution in [1.82, 2.24) is 4.90 Å². The van der Waals surface area contributed by atoms with E-state index in [0.29, 0.717) is 11.9 Å². The van der Waals surface area contributed by atoms with Gasteiger partial charge in [-0.3, -0.25) is 0 Å². The molecule has 2 rings (SSSR count). The predicted octanol–water partition coefficient (Wildman–Crippen LogP) is 1.87. The van der Waals surface area contributed by atoms with E-state index in [2.05, 4.69) is 17.1 Å². The van der Waals surface area contributed by atoms with Crippen LogP contribution in [-0.4, -0.2) is 41.7 Å². The summed E-state index contributed by atoms with van der Waals surface area (Å²) in [5, 5.41) is 12.0. The lowest BCUT2D eigenvalue weighted by atomic mass is 10.1. The van der Waals surface area contributed by atoms with Crippen molar-refractivity contribution >= 4 is 11.9 Å². The Morgan fingerprint density at radius 1 is 1.65 bits per heavy atom. The normalized spacial score (nSPS) is 21.4. The molecule has 1 fully saturated rings. The first kappa shape index (κ1) is 12.0. The summed E-state index contributed by atoms with van der Waals surface area (Å²) in [6.07, 6.45) is 2.26. The molecule has 1 aromatic heterocycles. The molecular weight excluding hydrogens is 220 g/mol. The Hall–Kier alpha value is -1.49. The molecule has 1 aliphatic rings. The molecule has 2 N–H and O–H groups in total. The van der Waals surface area contributed by atoms with Crippen LogP contribution in [0, 0.1) is 0 Å². The molecule has 0 spiro atoms. The zero-order valence-electron chi connectivity index (χ0n) is 9.98. The van der Waals surface area contributed by atoms with Gasteiger partial charge in [-0.1, -0.05) is 6.92 Å². The van der Waals surface area contributed by atoms with Crippen LogP contribution in [0.3, 0.4) is 0 Å². The van der Waals surface area contributed by atoms with Crippen LogP contribution in [-0.2, 0) is 0 Å². The van der Waals surface area contributed by atoms with Crippen LogP contribution in [0.2, 0.25) is 0 Å². The number of furan rings is 1. The quantitative estimate of drug-likeness (QED) is 0.838. The summed E-state index contributed by atoms with van der Waals surface area (Å²) in [7, 11) is 0. The molecule has 1 saturated heterocycles. The van der Waals surface area contributed by atoms with Crippen molar-refractivity contribution in [2.75, 3.05) is 25.0 Å². The molecule has 0 amide bonds. The number of aromatic carboxylic acids is 1. The first-order valence-electron chi connectivity index (χ1n) is 6.01.